The van der Waals surface area contributed by atoms with Crippen molar-refractivity contribution >= 4 is 11.7 Å². The van der Waals surface area contributed by atoms with Crippen LogP contribution < -0.4 is 5.32 Å². The summed E-state index contributed by atoms with van der Waals surface area (Å²) in [7, 11) is 1.39. The van der Waals surface area contributed by atoms with E-state index in [0.29, 0.717) is 6.42 Å². The summed E-state index contributed by atoms with van der Waals surface area (Å²) in [5.74, 6) is -0.278. The van der Waals surface area contributed by atoms with Crippen molar-refractivity contribution in [3.63, 3.8) is 0 Å². The number of carbonyl (C=O) groups excluding carboxylic acids is 1. The van der Waals surface area contributed by atoms with Crippen LogP contribution in [-0.4, -0.2) is 39.3 Å². The smallest absolute Gasteiger partial charge is 0.328 e. The molecular weight excluding hydrogens is 258 g/mol. The summed E-state index contributed by atoms with van der Waals surface area (Å²) in [4.78, 5) is 11.7. The molecule has 0 radical (unpaired) electrons. The van der Waals surface area contributed by atoms with Gasteiger partial charge in [-0.1, -0.05) is 13.0 Å². The van der Waals surface area contributed by atoms with Gasteiger partial charge in [-0.25, -0.2) is 9.48 Å². The Balaban J connectivity index is 2.27. The number of ether oxygens (including phenoxy) is 1. The Labute approximate surface area is 116 Å². The van der Waals surface area contributed by atoms with E-state index in [-0.39, 0.29) is 12.0 Å². The highest BCUT2D eigenvalue weighted by Gasteiger charge is 2.17. The van der Waals surface area contributed by atoms with Gasteiger partial charge in [0, 0.05) is 5.69 Å². The van der Waals surface area contributed by atoms with Gasteiger partial charge in [-0.15, -0.1) is 5.10 Å². The number of aromatic nitrogens is 4. The monoisotopic (exact) mass is 275 g/mol. The van der Waals surface area contributed by atoms with Crippen molar-refractivity contribution in [2.45, 2.75) is 26.3 Å². The molecule has 7 heteroatoms. The molecule has 1 unspecified atom stereocenters. The van der Waals surface area contributed by atoms with Gasteiger partial charge in [-0.2, -0.15) is 0 Å². The average Bonchev–Trinajstić information content (AvgIpc) is 2.99. The number of nitrogens with zero attached hydrogens (tertiary/aromatic N) is 4. The number of benzene rings is 1. The van der Waals surface area contributed by atoms with Gasteiger partial charge < -0.3 is 10.1 Å². The van der Waals surface area contributed by atoms with Crippen molar-refractivity contribution in [2.75, 3.05) is 12.4 Å². The Hall–Kier alpha value is -2.44. The highest BCUT2D eigenvalue weighted by Crippen LogP contribution is 2.20. The molecule has 0 saturated carbocycles. The molecule has 1 N–H and O–H groups in total. The minimum absolute atomic E-state index is 0.278. The summed E-state index contributed by atoms with van der Waals surface area (Å²) >= 11 is 0. The molecule has 1 aromatic carbocycles. The molecule has 1 heterocycles. The average molecular weight is 275 g/mol. The lowest BCUT2D eigenvalue weighted by molar-refractivity contribution is -0.141. The van der Waals surface area contributed by atoms with Gasteiger partial charge in [0.25, 0.3) is 0 Å². The predicted molar refractivity (Wildman–Crippen MR) is 73.6 cm³/mol. The van der Waals surface area contributed by atoms with Crippen LogP contribution in [0.25, 0.3) is 5.69 Å². The van der Waals surface area contributed by atoms with Crippen molar-refractivity contribution in [3.8, 4) is 5.69 Å². The number of esters is 1. The number of rotatable bonds is 5. The first kappa shape index (κ1) is 14.0. The first-order valence-corrected chi connectivity index (χ1v) is 6.34. The third-order valence-corrected chi connectivity index (χ3v) is 3.06. The van der Waals surface area contributed by atoms with Gasteiger partial charge in [0.15, 0.2) is 0 Å². The van der Waals surface area contributed by atoms with Crippen LogP contribution >= 0.6 is 0 Å². The van der Waals surface area contributed by atoms with Crippen molar-refractivity contribution in [1.29, 1.82) is 0 Å². The van der Waals surface area contributed by atoms with E-state index in [9.17, 15) is 4.79 Å². The van der Waals surface area contributed by atoms with Gasteiger partial charge in [0.2, 0.25) is 0 Å². The summed E-state index contributed by atoms with van der Waals surface area (Å²) < 4.78 is 6.34. The zero-order valence-electron chi connectivity index (χ0n) is 11.7. The lowest BCUT2D eigenvalue weighted by atomic mass is 10.1. The fourth-order valence-electron chi connectivity index (χ4n) is 1.85. The molecular formula is C13H17N5O2. The van der Waals surface area contributed by atoms with E-state index in [1.807, 2.05) is 32.0 Å². The van der Waals surface area contributed by atoms with Gasteiger partial charge >= 0.3 is 5.97 Å². The molecule has 1 atom stereocenters. The quantitative estimate of drug-likeness (QED) is 0.829. The van der Waals surface area contributed by atoms with Crippen LogP contribution in [0.5, 0.6) is 0 Å². The van der Waals surface area contributed by atoms with Crippen molar-refractivity contribution < 1.29 is 9.53 Å². The minimum Gasteiger partial charge on any atom is -0.467 e. The number of hydrogen-bond donors (Lipinski definition) is 1. The molecule has 0 aliphatic rings. The summed E-state index contributed by atoms with van der Waals surface area (Å²) in [6, 6.07) is 5.39. The predicted octanol–water partition coefficient (Wildman–Crippen LogP) is 1.33. The number of anilines is 1. The van der Waals surface area contributed by atoms with Gasteiger partial charge in [0.1, 0.15) is 12.4 Å². The molecule has 7 nitrogen and oxygen atoms in total. The van der Waals surface area contributed by atoms with Crippen molar-refractivity contribution in [3.05, 3.63) is 30.1 Å². The number of aryl methyl sites for hydroxylation is 1. The summed E-state index contributed by atoms with van der Waals surface area (Å²) in [6.45, 7) is 3.89. The van der Waals surface area contributed by atoms with E-state index in [1.54, 1.807) is 4.68 Å². The molecule has 2 rings (SSSR count). The zero-order chi connectivity index (χ0) is 14.5. The number of methoxy groups -OCH3 is 1. The molecule has 0 spiro atoms. The molecule has 0 aliphatic heterocycles. The molecule has 2 aromatic rings. The lowest BCUT2D eigenvalue weighted by Gasteiger charge is -2.18. The molecule has 1 aromatic heterocycles. The fraction of sp³-hybridized carbons (Fsp3) is 0.385. The Morgan fingerprint density at radius 1 is 1.50 bits per heavy atom. The molecule has 106 valence electrons. The summed E-state index contributed by atoms with van der Waals surface area (Å²) in [5, 5.41) is 14.3. The maximum absolute atomic E-state index is 11.7. The van der Waals surface area contributed by atoms with Crippen LogP contribution in [-0.2, 0) is 9.53 Å². The van der Waals surface area contributed by atoms with Crippen LogP contribution in [0.4, 0.5) is 5.69 Å². The Morgan fingerprint density at radius 2 is 2.30 bits per heavy atom. The molecule has 20 heavy (non-hydrogen) atoms. The fourth-order valence-corrected chi connectivity index (χ4v) is 1.85. The second kappa shape index (κ2) is 6.14. The van der Waals surface area contributed by atoms with Crippen LogP contribution in [0.15, 0.2) is 24.5 Å². The third-order valence-electron chi connectivity index (χ3n) is 3.06. The molecule has 0 amide bonds. The van der Waals surface area contributed by atoms with Gasteiger partial charge in [-0.3, -0.25) is 0 Å². The van der Waals surface area contributed by atoms with Crippen LogP contribution in [0, 0.1) is 6.92 Å². The van der Waals surface area contributed by atoms with Crippen LogP contribution in [0.3, 0.4) is 0 Å². The Bertz CT molecular complexity index is 582. The highest BCUT2D eigenvalue weighted by atomic mass is 16.5. The van der Waals surface area contributed by atoms with E-state index < -0.39 is 0 Å². The molecule has 0 aliphatic carbocycles. The largest absolute Gasteiger partial charge is 0.467 e. The second-order valence-electron chi connectivity index (χ2n) is 4.38. The number of carbonyl (C=O) groups is 1. The van der Waals surface area contributed by atoms with Crippen LogP contribution in [0.1, 0.15) is 18.9 Å². The first-order valence-electron chi connectivity index (χ1n) is 6.34. The molecule has 0 fully saturated rings. The minimum atomic E-state index is -0.372. The summed E-state index contributed by atoms with van der Waals surface area (Å²) in [5.41, 5.74) is 2.71. The standard InChI is InChI=1S/C13H17N5O2/c1-4-11(13(19)20-3)15-12-7-10(6-5-9(12)2)18-8-14-16-17-18/h5-8,11,15H,4H2,1-3H3. The normalized spacial score (nSPS) is 11.9. The molecule has 0 saturated heterocycles. The summed E-state index contributed by atoms with van der Waals surface area (Å²) in [6.07, 6.45) is 2.16. The number of tetrazole rings is 1. The van der Waals surface area contributed by atoms with Gasteiger partial charge in [-0.05, 0) is 41.5 Å². The lowest BCUT2D eigenvalue weighted by Crippen LogP contribution is -2.30. The first-order chi connectivity index (χ1) is 9.65. The Morgan fingerprint density at radius 3 is 2.90 bits per heavy atom. The van der Waals surface area contributed by atoms with E-state index >= 15 is 0 Å². The maximum Gasteiger partial charge on any atom is 0.328 e. The van der Waals surface area contributed by atoms with Gasteiger partial charge in [0.05, 0.1) is 12.8 Å². The van der Waals surface area contributed by atoms with E-state index in [2.05, 4.69) is 20.8 Å². The highest BCUT2D eigenvalue weighted by molar-refractivity contribution is 5.79. The van der Waals surface area contributed by atoms with Crippen LogP contribution in [0.2, 0.25) is 0 Å². The van der Waals surface area contributed by atoms with E-state index in [0.717, 1.165) is 16.9 Å². The molecule has 0 bridgehead atoms. The van der Waals surface area contributed by atoms with Crippen molar-refractivity contribution in [2.24, 2.45) is 0 Å². The topological polar surface area (TPSA) is 81.9 Å². The zero-order valence-corrected chi connectivity index (χ0v) is 11.7. The SMILES string of the molecule is CCC(Nc1cc(-n2cnnn2)ccc1C)C(=O)OC. The maximum atomic E-state index is 11.7. The number of nitrogens with one attached hydrogen (secondary N) is 1. The Kier molecular flexibility index (Phi) is 4.29. The van der Waals surface area contributed by atoms with E-state index in [1.165, 1.54) is 13.4 Å². The van der Waals surface area contributed by atoms with Crippen molar-refractivity contribution in [1.82, 2.24) is 20.2 Å². The number of hydrogen-bond acceptors (Lipinski definition) is 6. The second-order valence-corrected chi connectivity index (χ2v) is 4.38. The third kappa shape index (κ3) is 2.93. The van der Waals surface area contributed by atoms with E-state index in [4.69, 9.17) is 4.74 Å².